The minimum atomic E-state index is -0.392. The van der Waals surface area contributed by atoms with E-state index in [2.05, 4.69) is 32.3 Å². The Morgan fingerprint density at radius 3 is 2.93 bits per heavy atom. The number of hydrogen-bond donors (Lipinski definition) is 1. The zero-order valence-electron chi connectivity index (χ0n) is 16.0. The molecule has 0 radical (unpaired) electrons. The predicted molar refractivity (Wildman–Crippen MR) is 107 cm³/mol. The molecule has 1 saturated heterocycles. The van der Waals surface area contributed by atoms with Crippen molar-refractivity contribution in [3.8, 4) is 0 Å². The smallest absolute Gasteiger partial charge is 0.293 e. The highest BCUT2D eigenvalue weighted by Gasteiger charge is 2.39. The summed E-state index contributed by atoms with van der Waals surface area (Å²) >= 11 is 1.71. The number of carbonyl (C=O) groups excluding carboxylic acids is 1. The molecule has 3 aromatic rings. The van der Waals surface area contributed by atoms with Crippen molar-refractivity contribution in [1.82, 2.24) is 24.6 Å². The van der Waals surface area contributed by atoms with Crippen LogP contribution in [0.3, 0.4) is 0 Å². The number of rotatable bonds is 4. The third-order valence-corrected chi connectivity index (χ3v) is 6.76. The number of likely N-dealkylation sites (tertiary alicyclic amines) is 1. The van der Waals surface area contributed by atoms with Gasteiger partial charge in [-0.2, -0.15) is 0 Å². The van der Waals surface area contributed by atoms with Gasteiger partial charge in [-0.1, -0.05) is 6.07 Å². The maximum Gasteiger partial charge on any atom is 0.293 e. The second-order valence-electron chi connectivity index (χ2n) is 7.79. The van der Waals surface area contributed by atoms with E-state index < -0.39 is 5.82 Å². The molecule has 0 unspecified atom stereocenters. The molecule has 1 fully saturated rings. The fraction of sp³-hybridized carbons (Fsp3) is 0.400. The van der Waals surface area contributed by atoms with Crippen LogP contribution in [-0.4, -0.2) is 43.6 Å². The lowest BCUT2D eigenvalue weighted by molar-refractivity contribution is 0.100. The first kappa shape index (κ1) is 18.4. The van der Waals surface area contributed by atoms with Crippen molar-refractivity contribution < 1.29 is 9.18 Å². The molecule has 0 saturated carbocycles. The zero-order chi connectivity index (χ0) is 20.0. The van der Waals surface area contributed by atoms with Crippen molar-refractivity contribution in [2.24, 2.45) is 11.8 Å². The molecule has 150 valence electrons. The van der Waals surface area contributed by atoms with Crippen LogP contribution < -0.4 is 5.32 Å². The molecule has 2 aliphatic heterocycles. The number of carbonyl (C=O) groups is 1. The second-order valence-corrected chi connectivity index (χ2v) is 8.73. The van der Waals surface area contributed by atoms with Gasteiger partial charge in [-0.05, 0) is 37.0 Å². The van der Waals surface area contributed by atoms with Crippen LogP contribution in [0.5, 0.6) is 0 Å². The molecule has 0 bridgehead atoms. The van der Waals surface area contributed by atoms with Crippen molar-refractivity contribution >= 4 is 22.9 Å². The largest absolute Gasteiger partial charge is 0.319 e. The van der Waals surface area contributed by atoms with Crippen LogP contribution in [0, 0.1) is 24.6 Å². The first-order valence-electron chi connectivity index (χ1n) is 9.67. The molecule has 1 N–H and O–H groups in total. The number of nitrogens with zero attached hydrogens (tertiary/aromatic N) is 5. The van der Waals surface area contributed by atoms with Crippen molar-refractivity contribution in [2.45, 2.75) is 26.4 Å². The van der Waals surface area contributed by atoms with Gasteiger partial charge in [0.2, 0.25) is 5.82 Å². The van der Waals surface area contributed by atoms with Crippen LogP contribution in [-0.2, 0) is 19.5 Å². The first-order valence-corrected chi connectivity index (χ1v) is 10.5. The van der Waals surface area contributed by atoms with Crippen LogP contribution in [0.15, 0.2) is 29.8 Å². The normalized spacial score (nSPS) is 21.0. The number of benzene rings is 1. The van der Waals surface area contributed by atoms with E-state index in [1.54, 1.807) is 23.5 Å². The number of anilines is 1. The van der Waals surface area contributed by atoms with Gasteiger partial charge in [-0.15, -0.1) is 21.5 Å². The SMILES string of the molecule is Cc1ncsc1CN1C[C@H]2Cc3nnc(C(=O)Nc4cccc(F)c4)n3C[C@@H]2C1. The van der Waals surface area contributed by atoms with E-state index >= 15 is 0 Å². The maximum absolute atomic E-state index is 13.4. The van der Waals surface area contributed by atoms with E-state index in [4.69, 9.17) is 0 Å². The number of halogens is 1. The Labute approximate surface area is 171 Å². The topological polar surface area (TPSA) is 75.9 Å². The van der Waals surface area contributed by atoms with Crippen LogP contribution >= 0.6 is 11.3 Å². The number of thiazole rings is 1. The molecular weight excluding hydrogens is 391 g/mol. The maximum atomic E-state index is 13.4. The summed E-state index contributed by atoms with van der Waals surface area (Å²) in [7, 11) is 0. The van der Waals surface area contributed by atoms with Gasteiger partial charge in [0.15, 0.2) is 0 Å². The number of hydrogen-bond acceptors (Lipinski definition) is 6. The second kappa shape index (κ2) is 7.31. The summed E-state index contributed by atoms with van der Waals surface area (Å²) in [5, 5.41) is 11.1. The first-order chi connectivity index (χ1) is 14.1. The molecule has 2 aliphatic rings. The fourth-order valence-electron chi connectivity index (χ4n) is 4.35. The number of nitrogens with one attached hydrogen (secondary N) is 1. The highest BCUT2D eigenvalue weighted by atomic mass is 32.1. The van der Waals surface area contributed by atoms with Crippen LogP contribution in [0.2, 0.25) is 0 Å². The van der Waals surface area contributed by atoms with Gasteiger partial charge in [0.05, 0.1) is 11.2 Å². The summed E-state index contributed by atoms with van der Waals surface area (Å²) in [5.41, 5.74) is 3.42. The lowest BCUT2D eigenvalue weighted by atomic mass is 9.89. The summed E-state index contributed by atoms with van der Waals surface area (Å²) in [4.78, 5) is 20.8. The quantitative estimate of drug-likeness (QED) is 0.713. The van der Waals surface area contributed by atoms with Gasteiger partial charge in [-0.3, -0.25) is 9.69 Å². The third-order valence-electron chi connectivity index (χ3n) is 5.84. The summed E-state index contributed by atoms with van der Waals surface area (Å²) in [6.07, 6.45) is 0.823. The molecule has 2 atom stereocenters. The minimum absolute atomic E-state index is 0.291. The Bertz CT molecular complexity index is 1060. The lowest BCUT2D eigenvalue weighted by Gasteiger charge is -2.25. The van der Waals surface area contributed by atoms with Crippen molar-refractivity contribution in [2.75, 3.05) is 18.4 Å². The molecule has 2 aromatic heterocycles. The van der Waals surface area contributed by atoms with Gasteiger partial charge in [0.1, 0.15) is 11.6 Å². The Morgan fingerprint density at radius 2 is 2.14 bits per heavy atom. The van der Waals surface area contributed by atoms with E-state index in [1.807, 2.05) is 10.1 Å². The summed E-state index contributed by atoms with van der Waals surface area (Å²) < 4.78 is 15.3. The molecular formula is C20H21FN6OS. The average Bonchev–Trinajstić information content (AvgIpc) is 3.38. The van der Waals surface area contributed by atoms with Gasteiger partial charge in [-0.25, -0.2) is 9.37 Å². The van der Waals surface area contributed by atoms with E-state index in [9.17, 15) is 9.18 Å². The zero-order valence-corrected chi connectivity index (χ0v) is 16.8. The van der Waals surface area contributed by atoms with Crippen molar-refractivity contribution in [1.29, 1.82) is 0 Å². The highest BCUT2D eigenvalue weighted by molar-refractivity contribution is 7.09. The van der Waals surface area contributed by atoms with Gasteiger partial charge < -0.3 is 9.88 Å². The van der Waals surface area contributed by atoms with E-state index in [-0.39, 0.29) is 5.91 Å². The molecule has 5 rings (SSSR count). The molecule has 0 aliphatic carbocycles. The van der Waals surface area contributed by atoms with Gasteiger partial charge >= 0.3 is 0 Å². The summed E-state index contributed by atoms with van der Waals surface area (Å²) in [6.45, 7) is 5.73. The molecule has 0 spiro atoms. The van der Waals surface area contributed by atoms with E-state index in [0.29, 0.717) is 23.3 Å². The monoisotopic (exact) mass is 412 g/mol. The average molecular weight is 412 g/mol. The Kier molecular flexibility index (Phi) is 4.63. The van der Waals surface area contributed by atoms with Gasteiger partial charge in [0.25, 0.3) is 5.91 Å². The van der Waals surface area contributed by atoms with Gasteiger partial charge in [0, 0.05) is 43.2 Å². The molecule has 29 heavy (non-hydrogen) atoms. The number of aromatic nitrogens is 4. The fourth-order valence-corrected chi connectivity index (χ4v) is 5.17. The van der Waals surface area contributed by atoms with E-state index in [0.717, 1.165) is 44.1 Å². The van der Waals surface area contributed by atoms with Crippen LogP contribution in [0.25, 0.3) is 0 Å². The molecule has 7 nitrogen and oxygen atoms in total. The standard InChI is InChI=1S/C20H21FN6OS/c1-12-17(29-11-22-12)10-26-7-13-5-18-24-25-19(27(18)9-14(13)8-26)20(28)23-16-4-2-3-15(21)6-16/h2-4,6,11,13-14H,5,7-10H2,1H3,(H,23,28)/t13-,14+/m1/s1. The number of amides is 1. The Morgan fingerprint density at radius 1 is 1.28 bits per heavy atom. The summed E-state index contributed by atoms with van der Waals surface area (Å²) in [6, 6.07) is 5.85. The van der Waals surface area contributed by atoms with Crippen LogP contribution in [0.1, 0.15) is 27.0 Å². The van der Waals surface area contributed by atoms with Crippen LogP contribution in [0.4, 0.5) is 10.1 Å². The van der Waals surface area contributed by atoms with Crippen molar-refractivity contribution in [3.63, 3.8) is 0 Å². The van der Waals surface area contributed by atoms with Crippen molar-refractivity contribution in [3.05, 3.63) is 57.8 Å². The predicted octanol–water partition coefficient (Wildman–Crippen LogP) is 2.74. The minimum Gasteiger partial charge on any atom is -0.319 e. The Hall–Kier alpha value is -2.65. The highest BCUT2D eigenvalue weighted by Crippen LogP contribution is 2.34. The molecule has 9 heteroatoms. The summed E-state index contributed by atoms with van der Waals surface area (Å²) in [5.74, 6) is 1.39. The molecule has 1 amide bonds. The third kappa shape index (κ3) is 3.56. The number of fused-ring (bicyclic) bond motifs is 2. The molecule has 4 heterocycles. The lowest BCUT2D eigenvalue weighted by Crippen LogP contribution is -2.31. The van der Waals surface area contributed by atoms with E-state index in [1.165, 1.54) is 17.0 Å². The molecule has 1 aromatic carbocycles. The Balaban J connectivity index is 1.29. The number of aryl methyl sites for hydroxylation is 1.